The lowest BCUT2D eigenvalue weighted by Crippen LogP contribution is -2.36. The van der Waals surface area contributed by atoms with Crippen molar-refractivity contribution in [2.45, 2.75) is 46.7 Å². The van der Waals surface area contributed by atoms with Crippen LogP contribution in [0.3, 0.4) is 0 Å². The van der Waals surface area contributed by atoms with Crippen LogP contribution in [0.25, 0.3) is 0 Å². The minimum absolute atomic E-state index is 0.418. The van der Waals surface area contributed by atoms with E-state index in [1.807, 2.05) is 0 Å². The van der Waals surface area contributed by atoms with Crippen molar-refractivity contribution in [1.82, 2.24) is 10.2 Å². The highest BCUT2D eigenvalue weighted by Crippen LogP contribution is 2.18. The average molecular weight is 248 g/mol. The van der Waals surface area contributed by atoms with Gasteiger partial charge in [-0.1, -0.05) is 36.2 Å². The lowest BCUT2D eigenvalue weighted by Gasteiger charge is -2.28. The van der Waals surface area contributed by atoms with Gasteiger partial charge in [0, 0.05) is 18.6 Å². The zero-order valence-electron chi connectivity index (χ0n) is 12.7. The second kappa shape index (κ2) is 6.91. The van der Waals surface area contributed by atoms with Crippen molar-refractivity contribution < 1.29 is 0 Å². The Morgan fingerprint density at radius 1 is 1.11 bits per heavy atom. The predicted octanol–water partition coefficient (Wildman–Crippen LogP) is 3.29. The molecule has 2 nitrogen and oxygen atoms in total. The van der Waals surface area contributed by atoms with E-state index in [2.05, 4.69) is 70.1 Å². The molecule has 0 radical (unpaired) electrons. The summed E-state index contributed by atoms with van der Waals surface area (Å²) < 4.78 is 0. The van der Waals surface area contributed by atoms with E-state index >= 15 is 0 Å². The topological polar surface area (TPSA) is 15.3 Å². The monoisotopic (exact) mass is 248 g/mol. The Balaban J connectivity index is 2.89. The molecular formula is C16H28N2. The van der Waals surface area contributed by atoms with Crippen LogP contribution in [0.1, 0.15) is 43.5 Å². The fourth-order valence-corrected chi connectivity index (χ4v) is 2.24. The van der Waals surface area contributed by atoms with Crippen LogP contribution in [0.4, 0.5) is 0 Å². The molecule has 0 heterocycles. The highest BCUT2D eigenvalue weighted by atomic mass is 15.1. The van der Waals surface area contributed by atoms with Gasteiger partial charge in [-0.05, 0) is 46.9 Å². The smallest absolute Gasteiger partial charge is 0.0449 e. The quantitative estimate of drug-likeness (QED) is 0.831. The standard InChI is InChI=1S/C16H28N2/c1-7-17-16(11-18(6)12(2)3)15-9-13(4)8-14(5)10-15/h8-10,12,16-17H,7,11H2,1-6H3. The van der Waals surface area contributed by atoms with Crippen molar-refractivity contribution in [3.05, 3.63) is 34.9 Å². The van der Waals surface area contributed by atoms with Crippen molar-refractivity contribution >= 4 is 0 Å². The van der Waals surface area contributed by atoms with Crippen LogP contribution in [0.2, 0.25) is 0 Å². The third-order valence-corrected chi connectivity index (χ3v) is 3.45. The van der Waals surface area contributed by atoms with Gasteiger partial charge in [0.15, 0.2) is 0 Å². The first-order valence-corrected chi connectivity index (χ1v) is 6.95. The van der Waals surface area contributed by atoms with Gasteiger partial charge < -0.3 is 10.2 Å². The molecule has 0 saturated carbocycles. The van der Waals surface area contributed by atoms with Crippen molar-refractivity contribution in [2.75, 3.05) is 20.1 Å². The molecule has 0 aliphatic heterocycles. The van der Waals surface area contributed by atoms with E-state index in [9.17, 15) is 0 Å². The van der Waals surface area contributed by atoms with Crippen molar-refractivity contribution in [1.29, 1.82) is 0 Å². The van der Waals surface area contributed by atoms with Gasteiger partial charge in [-0.15, -0.1) is 0 Å². The number of hydrogen-bond donors (Lipinski definition) is 1. The largest absolute Gasteiger partial charge is 0.309 e. The van der Waals surface area contributed by atoms with Crippen LogP contribution in [0.15, 0.2) is 18.2 Å². The minimum atomic E-state index is 0.418. The van der Waals surface area contributed by atoms with E-state index in [4.69, 9.17) is 0 Å². The first-order valence-electron chi connectivity index (χ1n) is 6.95. The third kappa shape index (κ3) is 4.43. The first-order chi connectivity index (χ1) is 8.43. The number of rotatable bonds is 6. The summed E-state index contributed by atoms with van der Waals surface area (Å²) in [4.78, 5) is 2.39. The number of nitrogens with one attached hydrogen (secondary N) is 1. The number of nitrogens with zero attached hydrogens (tertiary/aromatic N) is 1. The highest BCUT2D eigenvalue weighted by Gasteiger charge is 2.15. The molecule has 18 heavy (non-hydrogen) atoms. The lowest BCUT2D eigenvalue weighted by atomic mass is 10.0. The molecule has 102 valence electrons. The van der Waals surface area contributed by atoms with E-state index in [0.29, 0.717) is 12.1 Å². The molecule has 0 bridgehead atoms. The molecule has 1 N–H and O–H groups in total. The summed E-state index contributed by atoms with van der Waals surface area (Å²) in [6.45, 7) is 13.1. The van der Waals surface area contributed by atoms with E-state index in [0.717, 1.165) is 13.1 Å². The molecular weight excluding hydrogens is 220 g/mol. The van der Waals surface area contributed by atoms with E-state index < -0.39 is 0 Å². The third-order valence-electron chi connectivity index (χ3n) is 3.45. The Bertz CT molecular complexity index is 351. The summed E-state index contributed by atoms with van der Waals surface area (Å²) in [5.74, 6) is 0. The maximum absolute atomic E-state index is 3.60. The van der Waals surface area contributed by atoms with Gasteiger partial charge in [-0.2, -0.15) is 0 Å². The summed E-state index contributed by atoms with van der Waals surface area (Å²) in [5.41, 5.74) is 4.10. The molecule has 1 aromatic carbocycles. The van der Waals surface area contributed by atoms with Crippen molar-refractivity contribution in [3.63, 3.8) is 0 Å². The van der Waals surface area contributed by atoms with Crippen molar-refractivity contribution in [2.24, 2.45) is 0 Å². The van der Waals surface area contributed by atoms with Crippen LogP contribution in [-0.4, -0.2) is 31.1 Å². The van der Waals surface area contributed by atoms with Gasteiger partial charge in [0.1, 0.15) is 0 Å². The molecule has 0 spiro atoms. The summed E-state index contributed by atoms with van der Waals surface area (Å²) in [7, 11) is 2.19. The van der Waals surface area contributed by atoms with Crippen LogP contribution in [0, 0.1) is 13.8 Å². The van der Waals surface area contributed by atoms with Gasteiger partial charge in [0.2, 0.25) is 0 Å². The van der Waals surface area contributed by atoms with Gasteiger partial charge in [-0.3, -0.25) is 0 Å². The molecule has 0 saturated heterocycles. The number of hydrogen-bond acceptors (Lipinski definition) is 2. The number of aryl methyl sites for hydroxylation is 2. The van der Waals surface area contributed by atoms with E-state index in [-0.39, 0.29) is 0 Å². The summed E-state index contributed by atoms with van der Waals surface area (Å²) in [5, 5.41) is 3.60. The zero-order chi connectivity index (χ0) is 13.7. The SMILES string of the molecule is CCNC(CN(C)C(C)C)c1cc(C)cc(C)c1. The molecule has 1 atom stereocenters. The minimum Gasteiger partial charge on any atom is -0.309 e. The number of likely N-dealkylation sites (N-methyl/N-ethyl adjacent to an activating group) is 2. The molecule has 1 aromatic rings. The predicted molar refractivity (Wildman–Crippen MR) is 80.1 cm³/mol. The Labute approximate surface area is 112 Å². The van der Waals surface area contributed by atoms with E-state index in [1.54, 1.807) is 0 Å². The zero-order valence-corrected chi connectivity index (χ0v) is 12.7. The number of benzene rings is 1. The molecule has 0 aromatic heterocycles. The summed E-state index contributed by atoms with van der Waals surface area (Å²) in [6, 6.07) is 7.83. The molecule has 0 aliphatic carbocycles. The second-order valence-corrected chi connectivity index (χ2v) is 5.56. The highest BCUT2D eigenvalue weighted by molar-refractivity contribution is 5.30. The Hall–Kier alpha value is -0.860. The summed E-state index contributed by atoms with van der Waals surface area (Å²) in [6.07, 6.45) is 0. The van der Waals surface area contributed by atoms with Crippen LogP contribution in [-0.2, 0) is 0 Å². The van der Waals surface area contributed by atoms with Gasteiger partial charge >= 0.3 is 0 Å². The first kappa shape index (κ1) is 15.2. The van der Waals surface area contributed by atoms with Gasteiger partial charge in [0.05, 0.1) is 0 Å². The fraction of sp³-hybridized carbons (Fsp3) is 0.625. The maximum Gasteiger partial charge on any atom is 0.0449 e. The van der Waals surface area contributed by atoms with E-state index in [1.165, 1.54) is 16.7 Å². The molecule has 0 amide bonds. The Morgan fingerprint density at radius 3 is 2.11 bits per heavy atom. The normalized spacial score (nSPS) is 13.3. The summed E-state index contributed by atoms with van der Waals surface area (Å²) >= 11 is 0. The Morgan fingerprint density at radius 2 is 1.67 bits per heavy atom. The molecule has 2 heteroatoms. The molecule has 1 unspecified atom stereocenters. The fourth-order valence-electron chi connectivity index (χ4n) is 2.24. The van der Waals surface area contributed by atoms with Crippen LogP contribution >= 0.6 is 0 Å². The van der Waals surface area contributed by atoms with Gasteiger partial charge in [-0.25, -0.2) is 0 Å². The van der Waals surface area contributed by atoms with Gasteiger partial charge in [0.25, 0.3) is 0 Å². The molecule has 0 aliphatic rings. The average Bonchev–Trinajstić information content (AvgIpc) is 2.26. The molecule has 1 rings (SSSR count). The lowest BCUT2D eigenvalue weighted by molar-refractivity contribution is 0.243. The van der Waals surface area contributed by atoms with Crippen LogP contribution in [0.5, 0.6) is 0 Å². The van der Waals surface area contributed by atoms with Crippen molar-refractivity contribution in [3.8, 4) is 0 Å². The Kier molecular flexibility index (Phi) is 5.83. The molecule has 0 fully saturated rings. The maximum atomic E-state index is 3.60. The second-order valence-electron chi connectivity index (χ2n) is 5.56. The van der Waals surface area contributed by atoms with Crippen LogP contribution < -0.4 is 5.32 Å².